The van der Waals surface area contributed by atoms with Crippen LogP contribution in [0.1, 0.15) is 29.1 Å². The van der Waals surface area contributed by atoms with Crippen LogP contribution >= 0.6 is 0 Å². The number of hydrogen-bond acceptors (Lipinski definition) is 3. The van der Waals surface area contributed by atoms with E-state index >= 15 is 0 Å². The van der Waals surface area contributed by atoms with E-state index in [4.69, 9.17) is 5.73 Å². The van der Waals surface area contributed by atoms with Crippen LogP contribution in [0.3, 0.4) is 0 Å². The van der Waals surface area contributed by atoms with E-state index in [1.54, 1.807) is 0 Å². The smallest absolute Gasteiger partial charge is 0.280 e. The molecule has 18 heavy (non-hydrogen) atoms. The molecule has 2 N–H and O–H groups in total. The molecule has 2 aromatic rings. The van der Waals surface area contributed by atoms with Crippen LogP contribution in [0.5, 0.6) is 0 Å². The minimum atomic E-state index is -2.62. The number of alkyl halides is 2. The summed E-state index contributed by atoms with van der Waals surface area (Å²) in [6.07, 6.45) is -0.806. The van der Waals surface area contributed by atoms with E-state index < -0.39 is 6.43 Å². The molecule has 0 saturated carbocycles. The Balaban J connectivity index is 2.27. The molecular weight excluding hydrogens is 236 g/mol. The molecule has 0 unspecified atom stereocenters. The van der Waals surface area contributed by atoms with Gasteiger partial charge in [-0.05, 0) is 5.56 Å². The summed E-state index contributed by atoms with van der Waals surface area (Å²) in [4.78, 5) is 7.96. The van der Waals surface area contributed by atoms with Crippen molar-refractivity contribution in [2.24, 2.45) is 5.73 Å². The van der Waals surface area contributed by atoms with Crippen molar-refractivity contribution in [2.45, 2.75) is 19.4 Å². The highest BCUT2D eigenvalue weighted by Crippen LogP contribution is 2.20. The lowest BCUT2D eigenvalue weighted by atomic mass is 10.1. The lowest BCUT2D eigenvalue weighted by Gasteiger charge is -2.07. The number of nitrogens with two attached hydrogens (primary N) is 1. The minimum Gasteiger partial charge on any atom is -0.326 e. The Labute approximate surface area is 104 Å². The summed E-state index contributed by atoms with van der Waals surface area (Å²) in [7, 11) is 0. The SMILES string of the molecule is NCc1cnc(Cc2ccccc2)nc1C(F)F. The highest BCUT2D eigenvalue weighted by atomic mass is 19.3. The molecule has 2 rings (SSSR count). The molecule has 0 aliphatic carbocycles. The maximum absolute atomic E-state index is 12.8. The zero-order valence-electron chi connectivity index (χ0n) is 9.68. The largest absolute Gasteiger partial charge is 0.326 e. The van der Waals surface area contributed by atoms with Crippen LogP contribution in [0.15, 0.2) is 36.5 Å². The maximum Gasteiger partial charge on any atom is 0.280 e. The first kappa shape index (κ1) is 12.6. The summed E-state index contributed by atoms with van der Waals surface area (Å²) in [5.74, 6) is 0.383. The fraction of sp³-hybridized carbons (Fsp3) is 0.231. The van der Waals surface area contributed by atoms with Gasteiger partial charge in [-0.1, -0.05) is 30.3 Å². The van der Waals surface area contributed by atoms with Crippen LogP contribution in [0.25, 0.3) is 0 Å². The van der Waals surface area contributed by atoms with Gasteiger partial charge in [-0.2, -0.15) is 0 Å². The van der Waals surface area contributed by atoms with Gasteiger partial charge in [0, 0.05) is 24.7 Å². The Bertz CT molecular complexity index is 515. The lowest BCUT2D eigenvalue weighted by Crippen LogP contribution is -2.08. The predicted molar refractivity (Wildman–Crippen MR) is 64.1 cm³/mol. The van der Waals surface area contributed by atoms with E-state index in [-0.39, 0.29) is 12.2 Å². The molecule has 94 valence electrons. The van der Waals surface area contributed by atoms with Crippen LogP contribution in [0.2, 0.25) is 0 Å². The topological polar surface area (TPSA) is 51.8 Å². The van der Waals surface area contributed by atoms with Gasteiger partial charge in [0.2, 0.25) is 0 Å². The third-order valence-corrected chi connectivity index (χ3v) is 2.58. The molecule has 0 radical (unpaired) electrons. The number of hydrogen-bond donors (Lipinski definition) is 1. The number of benzene rings is 1. The summed E-state index contributed by atoms with van der Waals surface area (Å²) in [6.45, 7) is 0.0191. The number of rotatable bonds is 4. The Morgan fingerprint density at radius 1 is 1.17 bits per heavy atom. The van der Waals surface area contributed by atoms with Gasteiger partial charge in [0.15, 0.2) is 0 Å². The molecule has 0 aliphatic rings. The average molecular weight is 249 g/mol. The van der Waals surface area contributed by atoms with E-state index in [1.807, 2.05) is 30.3 Å². The van der Waals surface area contributed by atoms with E-state index in [9.17, 15) is 8.78 Å². The second-order valence-corrected chi connectivity index (χ2v) is 3.86. The standard InChI is InChI=1S/C13H13F2N3/c14-13(15)12-10(7-16)8-17-11(18-12)6-9-4-2-1-3-5-9/h1-5,8,13H,6-7,16H2. The molecule has 0 saturated heterocycles. The second kappa shape index (κ2) is 5.64. The molecule has 0 atom stereocenters. The van der Waals surface area contributed by atoms with Crippen molar-refractivity contribution in [3.63, 3.8) is 0 Å². The predicted octanol–water partition coefficient (Wildman–Crippen LogP) is 2.46. The summed E-state index contributed by atoms with van der Waals surface area (Å²) < 4.78 is 25.6. The van der Waals surface area contributed by atoms with Gasteiger partial charge in [-0.15, -0.1) is 0 Å². The molecule has 0 spiro atoms. The van der Waals surface area contributed by atoms with Gasteiger partial charge in [-0.3, -0.25) is 0 Å². The van der Waals surface area contributed by atoms with Crippen LogP contribution in [-0.4, -0.2) is 9.97 Å². The highest BCUT2D eigenvalue weighted by Gasteiger charge is 2.15. The van der Waals surface area contributed by atoms with Crippen molar-refractivity contribution >= 4 is 0 Å². The van der Waals surface area contributed by atoms with Gasteiger partial charge >= 0.3 is 0 Å². The van der Waals surface area contributed by atoms with E-state index in [0.29, 0.717) is 17.8 Å². The summed E-state index contributed by atoms with van der Waals surface area (Å²) in [6, 6.07) is 9.48. The Morgan fingerprint density at radius 2 is 1.89 bits per heavy atom. The molecule has 1 heterocycles. The van der Waals surface area contributed by atoms with E-state index in [2.05, 4.69) is 9.97 Å². The first-order valence-electron chi connectivity index (χ1n) is 5.57. The van der Waals surface area contributed by atoms with Gasteiger partial charge in [-0.25, -0.2) is 18.7 Å². The first-order chi connectivity index (χ1) is 8.70. The quantitative estimate of drug-likeness (QED) is 0.905. The van der Waals surface area contributed by atoms with Gasteiger partial charge in [0.1, 0.15) is 11.5 Å². The summed E-state index contributed by atoms with van der Waals surface area (Å²) in [5.41, 5.74) is 6.39. The van der Waals surface area contributed by atoms with Gasteiger partial charge in [0.25, 0.3) is 6.43 Å². The van der Waals surface area contributed by atoms with Crippen LogP contribution in [-0.2, 0) is 13.0 Å². The number of nitrogens with zero attached hydrogens (tertiary/aromatic N) is 2. The van der Waals surface area contributed by atoms with Crippen molar-refractivity contribution in [2.75, 3.05) is 0 Å². The lowest BCUT2D eigenvalue weighted by molar-refractivity contribution is 0.144. The molecule has 1 aromatic heterocycles. The molecule has 3 nitrogen and oxygen atoms in total. The van der Waals surface area contributed by atoms with Crippen molar-refractivity contribution < 1.29 is 8.78 Å². The number of aromatic nitrogens is 2. The fourth-order valence-corrected chi connectivity index (χ4v) is 1.67. The Kier molecular flexibility index (Phi) is 3.94. The third-order valence-electron chi connectivity index (χ3n) is 2.58. The second-order valence-electron chi connectivity index (χ2n) is 3.86. The summed E-state index contributed by atoms with van der Waals surface area (Å²) in [5, 5.41) is 0. The van der Waals surface area contributed by atoms with E-state index in [1.165, 1.54) is 6.20 Å². The monoisotopic (exact) mass is 249 g/mol. The normalized spacial score (nSPS) is 10.9. The molecule has 1 aromatic carbocycles. The maximum atomic E-state index is 12.8. The Morgan fingerprint density at radius 3 is 2.50 bits per heavy atom. The Hall–Kier alpha value is -1.88. The van der Waals surface area contributed by atoms with Crippen LogP contribution < -0.4 is 5.73 Å². The van der Waals surface area contributed by atoms with Crippen LogP contribution in [0, 0.1) is 0 Å². The van der Waals surface area contributed by atoms with Gasteiger partial charge in [0.05, 0.1) is 0 Å². The third kappa shape index (κ3) is 2.87. The van der Waals surface area contributed by atoms with Crippen molar-refractivity contribution in [3.05, 3.63) is 59.2 Å². The molecule has 0 bridgehead atoms. The average Bonchev–Trinajstić information content (AvgIpc) is 2.40. The van der Waals surface area contributed by atoms with Crippen molar-refractivity contribution in [1.82, 2.24) is 9.97 Å². The first-order valence-corrected chi connectivity index (χ1v) is 5.57. The highest BCUT2D eigenvalue weighted by molar-refractivity contribution is 5.23. The zero-order chi connectivity index (χ0) is 13.0. The fourth-order valence-electron chi connectivity index (χ4n) is 1.67. The summed E-state index contributed by atoms with van der Waals surface area (Å²) >= 11 is 0. The molecule has 5 heteroatoms. The molecule has 0 amide bonds. The van der Waals surface area contributed by atoms with Crippen molar-refractivity contribution in [1.29, 1.82) is 0 Å². The molecule has 0 fully saturated rings. The zero-order valence-corrected chi connectivity index (χ0v) is 9.68. The number of halogens is 2. The van der Waals surface area contributed by atoms with E-state index in [0.717, 1.165) is 5.56 Å². The minimum absolute atomic E-state index is 0.0191. The van der Waals surface area contributed by atoms with Gasteiger partial charge < -0.3 is 5.73 Å². The molecule has 0 aliphatic heterocycles. The van der Waals surface area contributed by atoms with Crippen LogP contribution in [0.4, 0.5) is 8.78 Å². The van der Waals surface area contributed by atoms with Crippen molar-refractivity contribution in [3.8, 4) is 0 Å². The molecular formula is C13H13F2N3.